The number of hydrogen-bond acceptors (Lipinski definition) is 5. The highest BCUT2D eigenvalue weighted by atomic mass is 32.2. The summed E-state index contributed by atoms with van der Waals surface area (Å²) >= 11 is 0. The summed E-state index contributed by atoms with van der Waals surface area (Å²) in [6.07, 6.45) is 0. The Morgan fingerprint density at radius 3 is 2.71 bits per heavy atom. The molecule has 100 valence electrons. The summed E-state index contributed by atoms with van der Waals surface area (Å²) in [4.78, 5) is 13.5. The van der Waals surface area contributed by atoms with Crippen molar-refractivity contribution in [3.05, 3.63) is 0 Å². The van der Waals surface area contributed by atoms with Gasteiger partial charge in [0.1, 0.15) is 0 Å². The lowest BCUT2D eigenvalue weighted by atomic mass is 10.1. The van der Waals surface area contributed by atoms with E-state index in [0.717, 1.165) is 0 Å². The minimum Gasteiger partial charge on any atom is -0.466 e. The van der Waals surface area contributed by atoms with E-state index in [1.54, 1.807) is 6.92 Å². The lowest BCUT2D eigenvalue weighted by molar-refractivity contribution is -0.148. The van der Waals surface area contributed by atoms with Gasteiger partial charge in [-0.3, -0.25) is 9.69 Å². The van der Waals surface area contributed by atoms with E-state index in [1.807, 2.05) is 18.7 Å². The van der Waals surface area contributed by atoms with E-state index in [4.69, 9.17) is 4.74 Å². The second-order valence-electron chi connectivity index (χ2n) is 4.61. The van der Waals surface area contributed by atoms with E-state index >= 15 is 0 Å². The molecule has 1 heterocycles. The lowest BCUT2D eigenvalue weighted by Gasteiger charge is -2.34. The molecule has 1 fully saturated rings. The number of sulfone groups is 1. The van der Waals surface area contributed by atoms with E-state index in [2.05, 4.69) is 0 Å². The average molecular weight is 263 g/mol. The minimum atomic E-state index is -2.89. The third kappa shape index (κ3) is 4.27. The van der Waals surface area contributed by atoms with Crippen molar-refractivity contribution in [3.63, 3.8) is 0 Å². The van der Waals surface area contributed by atoms with Crippen molar-refractivity contribution < 1.29 is 17.9 Å². The van der Waals surface area contributed by atoms with Crippen molar-refractivity contribution in [2.75, 3.05) is 31.2 Å². The lowest BCUT2D eigenvalue weighted by Crippen LogP contribution is -2.49. The van der Waals surface area contributed by atoms with Gasteiger partial charge in [-0.2, -0.15) is 0 Å². The van der Waals surface area contributed by atoms with Crippen molar-refractivity contribution in [3.8, 4) is 0 Å². The second-order valence-corrected chi connectivity index (χ2v) is 6.84. The van der Waals surface area contributed by atoms with Gasteiger partial charge in [-0.1, -0.05) is 6.92 Å². The van der Waals surface area contributed by atoms with Gasteiger partial charge in [0.25, 0.3) is 0 Å². The first-order valence-corrected chi connectivity index (χ1v) is 7.79. The Labute approximate surface area is 103 Å². The van der Waals surface area contributed by atoms with Crippen LogP contribution in [-0.2, 0) is 19.4 Å². The molecule has 2 unspecified atom stereocenters. The first-order chi connectivity index (χ1) is 7.85. The normalized spacial score (nSPS) is 26.4. The van der Waals surface area contributed by atoms with Crippen molar-refractivity contribution in [2.45, 2.75) is 26.8 Å². The Balaban J connectivity index is 2.50. The molecule has 6 heteroatoms. The van der Waals surface area contributed by atoms with E-state index < -0.39 is 9.84 Å². The van der Waals surface area contributed by atoms with E-state index in [-0.39, 0.29) is 29.4 Å². The predicted molar refractivity (Wildman–Crippen MR) is 65.5 cm³/mol. The molecule has 0 bridgehead atoms. The average Bonchev–Trinajstić information content (AvgIpc) is 2.21. The van der Waals surface area contributed by atoms with Crippen LogP contribution in [0, 0.1) is 5.92 Å². The first-order valence-electron chi connectivity index (χ1n) is 5.97. The van der Waals surface area contributed by atoms with Crippen LogP contribution in [0.4, 0.5) is 0 Å². The standard InChI is InChI=1S/C11H21NO4S/c1-4-16-11(13)9(2)7-12-5-6-17(14,15)8-10(12)3/h9-10H,4-8H2,1-3H3. The molecular weight excluding hydrogens is 242 g/mol. The number of carbonyl (C=O) groups excluding carboxylic acids is 1. The monoisotopic (exact) mass is 263 g/mol. The van der Waals surface area contributed by atoms with Gasteiger partial charge in [-0.15, -0.1) is 0 Å². The van der Waals surface area contributed by atoms with Crippen molar-refractivity contribution in [2.24, 2.45) is 5.92 Å². The molecule has 1 aliphatic heterocycles. The number of ether oxygens (including phenoxy) is 1. The number of hydrogen-bond donors (Lipinski definition) is 0. The van der Waals surface area contributed by atoms with E-state index in [0.29, 0.717) is 19.7 Å². The van der Waals surface area contributed by atoms with Gasteiger partial charge in [0, 0.05) is 19.1 Å². The summed E-state index contributed by atoms with van der Waals surface area (Å²) < 4.78 is 27.8. The molecule has 0 spiro atoms. The van der Waals surface area contributed by atoms with Gasteiger partial charge in [0.05, 0.1) is 24.0 Å². The largest absolute Gasteiger partial charge is 0.466 e. The summed E-state index contributed by atoms with van der Waals surface area (Å²) in [7, 11) is -2.89. The molecule has 0 aromatic rings. The van der Waals surface area contributed by atoms with Gasteiger partial charge < -0.3 is 4.74 Å². The fourth-order valence-corrected chi connectivity index (χ4v) is 3.64. The maximum Gasteiger partial charge on any atom is 0.309 e. The fourth-order valence-electron chi connectivity index (χ4n) is 2.02. The second kappa shape index (κ2) is 5.82. The maximum absolute atomic E-state index is 11.5. The zero-order valence-electron chi connectivity index (χ0n) is 10.7. The Kier molecular flexibility index (Phi) is 4.94. The molecule has 1 rings (SSSR count). The van der Waals surface area contributed by atoms with Gasteiger partial charge >= 0.3 is 5.97 Å². The first kappa shape index (κ1) is 14.4. The Morgan fingerprint density at radius 1 is 1.53 bits per heavy atom. The summed E-state index contributed by atoms with van der Waals surface area (Å²) in [6, 6.07) is -0.0226. The number of rotatable bonds is 4. The van der Waals surface area contributed by atoms with Gasteiger partial charge in [-0.25, -0.2) is 8.42 Å². The third-order valence-electron chi connectivity index (χ3n) is 3.01. The van der Waals surface area contributed by atoms with Crippen LogP contribution in [0.15, 0.2) is 0 Å². The van der Waals surface area contributed by atoms with Crippen molar-refractivity contribution in [1.29, 1.82) is 0 Å². The highest BCUT2D eigenvalue weighted by molar-refractivity contribution is 7.91. The minimum absolute atomic E-state index is 0.0226. The molecule has 2 atom stereocenters. The van der Waals surface area contributed by atoms with Gasteiger partial charge in [-0.05, 0) is 13.8 Å². The molecule has 17 heavy (non-hydrogen) atoms. The summed E-state index contributed by atoms with van der Waals surface area (Å²) in [5.41, 5.74) is 0. The smallest absolute Gasteiger partial charge is 0.309 e. The van der Waals surface area contributed by atoms with Crippen LogP contribution in [0.2, 0.25) is 0 Å². The molecule has 5 nitrogen and oxygen atoms in total. The van der Waals surface area contributed by atoms with Crippen LogP contribution in [0.3, 0.4) is 0 Å². The summed E-state index contributed by atoms with van der Waals surface area (Å²) in [5.74, 6) is -0.0542. The van der Waals surface area contributed by atoms with Gasteiger partial charge in [0.2, 0.25) is 0 Å². The zero-order chi connectivity index (χ0) is 13.1. The molecule has 1 aliphatic rings. The highest BCUT2D eigenvalue weighted by Crippen LogP contribution is 2.14. The molecular formula is C11H21NO4S. The molecule has 0 aliphatic carbocycles. The molecule has 0 amide bonds. The summed E-state index contributed by atoms with van der Waals surface area (Å²) in [6.45, 7) is 6.93. The molecule has 0 aromatic heterocycles. The van der Waals surface area contributed by atoms with Crippen LogP contribution in [0.1, 0.15) is 20.8 Å². The molecule has 0 saturated carbocycles. The SMILES string of the molecule is CCOC(=O)C(C)CN1CCS(=O)(=O)CC1C. The maximum atomic E-state index is 11.5. The third-order valence-corrected chi connectivity index (χ3v) is 4.80. The Bertz CT molecular complexity index is 366. The quantitative estimate of drug-likeness (QED) is 0.683. The van der Waals surface area contributed by atoms with Crippen LogP contribution >= 0.6 is 0 Å². The number of esters is 1. The fraction of sp³-hybridized carbons (Fsp3) is 0.909. The topological polar surface area (TPSA) is 63.7 Å². The molecule has 0 aromatic carbocycles. The Hall–Kier alpha value is -0.620. The van der Waals surface area contributed by atoms with Crippen LogP contribution in [0.25, 0.3) is 0 Å². The van der Waals surface area contributed by atoms with Crippen LogP contribution in [0.5, 0.6) is 0 Å². The van der Waals surface area contributed by atoms with Crippen LogP contribution in [-0.4, -0.2) is 56.5 Å². The summed E-state index contributed by atoms with van der Waals surface area (Å²) in [5, 5.41) is 0. The van der Waals surface area contributed by atoms with Gasteiger partial charge in [0.15, 0.2) is 9.84 Å². The molecule has 1 saturated heterocycles. The molecule has 0 N–H and O–H groups in total. The number of carbonyl (C=O) groups is 1. The predicted octanol–water partition coefficient (Wildman–Crippen LogP) is 0.305. The zero-order valence-corrected chi connectivity index (χ0v) is 11.5. The highest BCUT2D eigenvalue weighted by Gasteiger charge is 2.30. The van der Waals surface area contributed by atoms with E-state index in [1.165, 1.54) is 0 Å². The van der Waals surface area contributed by atoms with Crippen LogP contribution < -0.4 is 0 Å². The Morgan fingerprint density at radius 2 is 2.18 bits per heavy atom. The molecule has 0 radical (unpaired) electrons. The van der Waals surface area contributed by atoms with Crippen molar-refractivity contribution >= 4 is 15.8 Å². The number of nitrogens with zero attached hydrogens (tertiary/aromatic N) is 1. The van der Waals surface area contributed by atoms with Crippen molar-refractivity contribution in [1.82, 2.24) is 4.90 Å². The van der Waals surface area contributed by atoms with E-state index in [9.17, 15) is 13.2 Å².